The number of carbonyl (C=O) groups is 1. The fraction of sp³-hybridized carbons (Fsp3) is 0.389. The van der Waals surface area contributed by atoms with E-state index in [2.05, 4.69) is 10.4 Å². The van der Waals surface area contributed by atoms with Crippen LogP contribution in [-0.4, -0.2) is 22.3 Å². The van der Waals surface area contributed by atoms with Crippen LogP contribution in [0, 0.1) is 0 Å². The highest BCUT2D eigenvalue weighted by atomic mass is 16.5. The van der Waals surface area contributed by atoms with Crippen LogP contribution in [-0.2, 0) is 17.6 Å². The van der Waals surface area contributed by atoms with E-state index in [1.54, 1.807) is 37.3 Å². The Morgan fingerprint density at radius 3 is 2.79 bits per heavy atom. The van der Waals surface area contributed by atoms with Crippen LogP contribution in [0.3, 0.4) is 0 Å². The molecular weight excluding hydrogens is 306 g/mol. The highest BCUT2D eigenvalue weighted by molar-refractivity contribution is 5.93. The quantitative estimate of drug-likeness (QED) is 0.915. The van der Waals surface area contributed by atoms with E-state index in [4.69, 9.17) is 4.74 Å². The molecule has 1 amide bonds. The van der Waals surface area contributed by atoms with Crippen molar-refractivity contribution in [3.8, 4) is 5.75 Å². The van der Waals surface area contributed by atoms with Gasteiger partial charge in [0, 0.05) is 11.8 Å². The van der Waals surface area contributed by atoms with Crippen LogP contribution in [0.2, 0.25) is 0 Å². The third-order valence-electron chi connectivity index (χ3n) is 4.16. The van der Waals surface area contributed by atoms with E-state index in [-0.39, 0.29) is 11.5 Å². The average Bonchev–Trinajstić information content (AvgIpc) is 3.02. The molecule has 24 heavy (non-hydrogen) atoms. The Balaban J connectivity index is 1.74. The van der Waals surface area contributed by atoms with Gasteiger partial charge in [0.05, 0.1) is 12.3 Å². The molecule has 2 aromatic rings. The van der Waals surface area contributed by atoms with Gasteiger partial charge in [-0.15, -0.1) is 0 Å². The van der Waals surface area contributed by atoms with Gasteiger partial charge in [-0.2, -0.15) is 5.10 Å². The summed E-state index contributed by atoms with van der Waals surface area (Å²) in [5.74, 6) is 0.478. The molecular formula is C18H21N3O3. The molecule has 1 aliphatic carbocycles. The number of aromatic nitrogens is 2. The summed E-state index contributed by atoms with van der Waals surface area (Å²) in [6.07, 6.45) is 2.77. The summed E-state index contributed by atoms with van der Waals surface area (Å²) >= 11 is 0. The van der Waals surface area contributed by atoms with Gasteiger partial charge in [-0.05, 0) is 62.9 Å². The van der Waals surface area contributed by atoms with Crippen LogP contribution < -0.4 is 15.6 Å². The van der Waals surface area contributed by atoms with Crippen molar-refractivity contribution in [2.24, 2.45) is 0 Å². The Morgan fingerprint density at radius 2 is 2.08 bits per heavy atom. The number of anilines is 1. The van der Waals surface area contributed by atoms with Gasteiger partial charge in [0.1, 0.15) is 11.8 Å². The molecule has 0 spiro atoms. The first-order valence-electron chi connectivity index (χ1n) is 8.24. The molecule has 0 aliphatic heterocycles. The fourth-order valence-electron chi connectivity index (χ4n) is 2.85. The van der Waals surface area contributed by atoms with Crippen LogP contribution in [0.1, 0.15) is 37.6 Å². The van der Waals surface area contributed by atoms with Crippen LogP contribution >= 0.6 is 0 Å². The second kappa shape index (κ2) is 6.86. The molecule has 0 saturated heterocycles. The molecule has 0 saturated carbocycles. The van der Waals surface area contributed by atoms with E-state index in [9.17, 15) is 9.59 Å². The molecule has 1 unspecified atom stereocenters. The Morgan fingerprint density at radius 1 is 1.33 bits per heavy atom. The number of nitrogens with one attached hydrogen (secondary N) is 1. The lowest BCUT2D eigenvalue weighted by molar-refractivity contribution is -0.119. The van der Waals surface area contributed by atoms with Crippen LogP contribution in [0.15, 0.2) is 35.1 Å². The predicted octanol–water partition coefficient (Wildman–Crippen LogP) is 2.33. The van der Waals surface area contributed by atoms with E-state index < -0.39 is 6.04 Å². The zero-order valence-corrected chi connectivity index (χ0v) is 13.9. The van der Waals surface area contributed by atoms with E-state index in [1.807, 2.05) is 6.92 Å². The number of nitrogens with zero attached hydrogens (tertiary/aromatic N) is 2. The Labute approximate surface area is 140 Å². The minimum Gasteiger partial charge on any atom is -0.494 e. The minimum absolute atomic E-state index is 0.231. The predicted molar refractivity (Wildman–Crippen MR) is 91.5 cm³/mol. The molecule has 0 fully saturated rings. The van der Waals surface area contributed by atoms with Gasteiger partial charge in [0.2, 0.25) is 5.91 Å². The number of ether oxygens (including phenoxy) is 1. The highest BCUT2D eigenvalue weighted by Crippen LogP contribution is 2.19. The molecule has 1 heterocycles. The molecule has 1 aromatic heterocycles. The summed E-state index contributed by atoms with van der Waals surface area (Å²) in [6, 6.07) is 8.07. The summed E-state index contributed by atoms with van der Waals surface area (Å²) in [7, 11) is 0. The van der Waals surface area contributed by atoms with Crippen molar-refractivity contribution in [1.29, 1.82) is 0 Å². The lowest BCUT2D eigenvalue weighted by Crippen LogP contribution is -2.33. The molecule has 1 N–H and O–H groups in total. The highest BCUT2D eigenvalue weighted by Gasteiger charge is 2.21. The summed E-state index contributed by atoms with van der Waals surface area (Å²) in [5.41, 5.74) is 2.36. The third kappa shape index (κ3) is 3.32. The first-order valence-corrected chi connectivity index (χ1v) is 8.24. The topological polar surface area (TPSA) is 73.2 Å². The summed E-state index contributed by atoms with van der Waals surface area (Å²) in [5, 5.41) is 7.19. The van der Waals surface area contributed by atoms with Crippen molar-refractivity contribution in [3.05, 3.63) is 51.9 Å². The molecule has 0 bridgehead atoms. The maximum absolute atomic E-state index is 12.4. The number of amides is 1. The maximum Gasteiger partial charge on any atom is 0.267 e. The standard InChI is InChI=1S/C18H21N3O3/c1-3-24-15-9-7-14(8-10-15)19-18(23)12(2)21-17(22)11-13-5-4-6-16(13)20-21/h7-12H,3-6H2,1-2H3,(H,19,23). The second-order valence-electron chi connectivity index (χ2n) is 5.88. The zero-order chi connectivity index (χ0) is 17.1. The largest absolute Gasteiger partial charge is 0.494 e. The van der Waals surface area contributed by atoms with E-state index in [0.717, 1.165) is 36.3 Å². The van der Waals surface area contributed by atoms with Crippen LogP contribution in [0.4, 0.5) is 5.69 Å². The normalized spacial score (nSPS) is 14.1. The number of fused-ring (bicyclic) bond motifs is 1. The van der Waals surface area contributed by atoms with Gasteiger partial charge < -0.3 is 10.1 Å². The molecule has 3 rings (SSSR count). The molecule has 1 aliphatic rings. The van der Waals surface area contributed by atoms with Crippen LogP contribution in [0.5, 0.6) is 5.75 Å². The smallest absolute Gasteiger partial charge is 0.267 e. The van der Waals surface area contributed by atoms with Crippen LogP contribution in [0.25, 0.3) is 0 Å². The number of aryl methyl sites for hydroxylation is 2. The summed E-state index contributed by atoms with van der Waals surface area (Å²) in [6.45, 7) is 4.19. The maximum atomic E-state index is 12.4. The van der Waals surface area contributed by atoms with E-state index in [1.165, 1.54) is 4.68 Å². The molecule has 6 nitrogen and oxygen atoms in total. The first-order chi connectivity index (χ1) is 11.6. The van der Waals surface area contributed by atoms with Gasteiger partial charge >= 0.3 is 0 Å². The number of rotatable bonds is 5. The fourth-order valence-corrected chi connectivity index (χ4v) is 2.85. The third-order valence-corrected chi connectivity index (χ3v) is 4.16. The zero-order valence-electron chi connectivity index (χ0n) is 13.9. The number of hydrogen-bond donors (Lipinski definition) is 1. The lowest BCUT2D eigenvalue weighted by Gasteiger charge is -2.15. The summed E-state index contributed by atoms with van der Waals surface area (Å²) < 4.78 is 6.64. The van der Waals surface area contributed by atoms with Crippen molar-refractivity contribution in [1.82, 2.24) is 9.78 Å². The minimum atomic E-state index is -0.671. The van der Waals surface area contributed by atoms with Gasteiger partial charge in [0.25, 0.3) is 5.56 Å². The Hall–Kier alpha value is -2.63. The van der Waals surface area contributed by atoms with Crippen molar-refractivity contribution in [2.45, 2.75) is 39.2 Å². The van der Waals surface area contributed by atoms with Crippen molar-refractivity contribution >= 4 is 11.6 Å². The average molecular weight is 327 g/mol. The van der Waals surface area contributed by atoms with Gasteiger partial charge in [-0.25, -0.2) is 4.68 Å². The van der Waals surface area contributed by atoms with Gasteiger partial charge in [0.15, 0.2) is 0 Å². The number of hydrogen-bond acceptors (Lipinski definition) is 4. The SMILES string of the molecule is CCOc1ccc(NC(=O)C(C)n2nc3c(cc2=O)CCC3)cc1. The molecule has 1 aromatic carbocycles. The molecule has 126 valence electrons. The second-order valence-corrected chi connectivity index (χ2v) is 5.88. The van der Waals surface area contributed by atoms with Crippen molar-refractivity contribution < 1.29 is 9.53 Å². The van der Waals surface area contributed by atoms with Gasteiger partial charge in [-0.1, -0.05) is 0 Å². The van der Waals surface area contributed by atoms with Crippen molar-refractivity contribution in [3.63, 3.8) is 0 Å². The van der Waals surface area contributed by atoms with E-state index >= 15 is 0 Å². The molecule has 1 atom stereocenters. The Kier molecular flexibility index (Phi) is 4.64. The number of benzene rings is 1. The molecule has 0 radical (unpaired) electrons. The Bertz CT molecular complexity index is 796. The number of carbonyl (C=O) groups excluding carboxylic acids is 1. The van der Waals surface area contributed by atoms with Gasteiger partial charge in [-0.3, -0.25) is 9.59 Å². The lowest BCUT2D eigenvalue weighted by atomic mass is 10.2. The molecule has 6 heteroatoms. The van der Waals surface area contributed by atoms with E-state index in [0.29, 0.717) is 12.3 Å². The van der Waals surface area contributed by atoms with Crippen molar-refractivity contribution in [2.75, 3.05) is 11.9 Å². The first kappa shape index (κ1) is 16.2. The summed E-state index contributed by atoms with van der Waals surface area (Å²) in [4.78, 5) is 24.6. The monoisotopic (exact) mass is 327 g/mol.